The summed E-state index contributed by atoms with van der Waals surface area (Å²) in [6, 6.07) is -9.09. The quantitative estimate of drug-likeness (QED) is 0.221. The number of esters is 2. The van der Waals surface area contributed by atoms with Gasteiger partial charge in [0, 0.05) is 39.7 Å². The van der Waals surface area contributed by atoms with Crippen LogP contribution in [0.2, 0.25) is 0 Å². The molecule has 0 unspecified atom stereocenters. The molecule has 2 aliphatic rings. The summed E-state index contributed by atoms with van der Waals surface area (Å²) in [5, 5.41) is 10.8. The summed E-state index contributed by atoms with van der Waals surface area (Å²) in [5.41, 5.74) is 0. The lowest BCUT2D eigenvalue weighted by Gasteiger charge is -2.37. The largest absolute Gasteiger partial charge is 0.462 e. The molecule has 2 saturated heterocycles. The van der Waals surface area contributed by atoms with Crippen LogP contribution >= 0.6 is 11.8 Å². The molecule has 2 rings (SSSR count). The third-order valence-electron chi connectivity index (χ3n) is 9.60. The second-order valence-corrected chi connectivity index (χ2v) is 15.2. The Hall–Kier alpha value is -3.97. The first-order valence-corrected chi connectivity index (χ1v) is 18.8. The molecular weight excluding hydrogens is 712 g/mol. The second-order valence-electron chi connectivity index (χ2n) is 14.1. The molecule has 0 aromatic heterocycles. The number of rotatable bonds is 4. The minimum Gasteiger partial charge on any atom is -0.462 e. The van der Waals surface area contributed by atoms with Gasteiger partial charge in [-0.05, 0) is 39.8 Å². The Morgan fingerprint density at radius 1 is 0.585 bits per heavy atom. The van der Waals surface area contributed by atoms with E-state index in [0.29, 0.717) is 0 Å². The maximum absolute atomic E-state index is 14.4. The van der Waals surface area contributed by atoms with E-state index in [-0.39, 0.29) is 11.5 Å². The van der Waals surface area contributed by atoms with Crippen molar-refractivity contribution < 1.29 is 47.8 Å². The van der Waals surface area contributed by atoms with Crippen LogP contribution in [0, 0.1) is 11.8 Å². The normalized spacial score (nSPS) is 30.4. The number of carbonyl (C=O) groups is 8. The van der Waals surface area contributed by atoms with Crippen LogP contribution in [0.15, 0.2) is 0 Å². The van der Waals surface area contributed by atoms with Gasteiger partial charge in [-0.1, -0.05) is 27.7 Å². The highest BCUT2D eigenvalue weighted by Crippen LogP contribution is 2.22. The lowest BCUT2D eigenvalue weighted by Crippen LogP contribution is -2.59. The van der Waals surface area contributed by atoms with Crippen molar-refractivity contribution >= 4 is 59.1 Å². The van der Waals surface area contributed by atoms with Gasteiger partial charge in [0.1, 0.15) is 61.5 Å². The van der Waals surface area contributed by atoms with E-state index in [2.05, 4.69) is 21.3 Å². The van der Waals surface area contributed by atoms with Crippen LogP contribution in [0.1, 0.15) is 41.5 Å². The molecule has 2 fully saturated rings. The molecule has 18 nitrogen and oxygen atoms in total. The number of likely N-dealkylation sites (N-methyl/N-ethyl adjacent to an activating group) is 6. The topological polar surface area (TPSA) is 216 Å². The van der Waals surface area contributed by atoms with Gasteiger partial charge in [0.15, 0.2) is 0 Å². The van der Waals surface area contributed by atoms with Gasteiger partial charge < -0.3 is 50.3 Å². The number of hydrogen-bond acceptors (Lipinski definition) is 13. The molecule has 2 aliphatic heterocycles. The highest BCUT2D eigenvalue weighted by Gasteiger charge is 2.42. The fraction of sp³-hybridized carbons (Fsp3) is 0.765. The third-order valence-corrected chi connectivity index (χ3v) is 10.7. The maximum atomic E-state index is 14.4. The molecule has 19 heteroatoms. The summed E-state index contributed by atoms with van der Waals surface area (Å²) >= 11 is 1.10. The van der Waals surface area contributed by atoms with Crippen molar-refractivity contribution in [3.63, 3.8) is 0 Å². The van der Waals surface area contributed by atoms with Gasteiger partial charge in [-0.15, -0.1) is 0 Å². The van der Waals surface area contributed by atoms with Crippen molar-refractivity contribution in [2.24, 2.45) is 11.8 Å². The van der Waals surface area contributed by atoms with Gasteiger partial charge in [-0.25, -0.2) is 9.59 Å². The molecule has 2 bridgehead atoms. The van der Waals surface area contributed by atoms with E-state index in [1.54, 1.807) is 27.7 Å². The van der Waals surface area contributed by atoms with Crippen LogP contribution < -0.4 is 21.3 Å². The lowest BCUT2D eigenvalue weighted by molar-refractivity contribution is -0.160. The molecule has 53 heavy (non-hydrogen) atoms. The number of carbonyl (C=O) groups excluding carboxylic acids is 8. The number of nitrogens with zero attached hydrogens (tertiary/aromatic N) is 4. The van der Waals surface area contributed by atoms with Crippen LogP contribution in [-0.2, 0) is 47.8 Å². The van der Waals surface area contributed by atoms with Gasteiger partial charge in [-0.3, -0.25) is 28.8 Å². The number of fused-ring (bicyclic) bond motifs is 4. The van der Waals surface area contributed by atoms with E-state index in [4.69, 9.17) is 9.47 Å². The lowest BCUT2D eigenvalue weighted by atomic mass is 10.0. The summed E-state index contributed by atoms with van der Waals surface area (Å²) in [5.74, 6) is -6.48. The van der Waals surface area contributed by atoms with E-state index < -0.39 is 121 Å². The Bertz CT molecular complexity index is 1280. The molecule has 0 spiro atoms. The summed E-state index contributed by atoms with van der Waals surface area (Å²) < 4.78 is 11.1. The smallest absolute Gasteiger partial charge is 0.329 e. The molecule has 0 aliphatic carbocycles. The van der Waals surface area contributed by atoms with Crippen molar-refractivity contribution in [1.82, 2.24) is 40.9 Å². The van der Waals surface area contributed by atoms with E-state index >= 15 is 0 Å². The Morgan fingerprint density at radius 3 is 1.19 bits per heavy atom. The molecular formula is C34H58N8O10S. The highest BCUT2D eigenvalue weighted by molar-refractivity contribution is 7.99. The molecule has 2 heterocycles. The summed E-state index contributed by atoms with van der Waals surface area (Å²) in [4.78, 5) is 115. The standard InChI is InChI=1S/C34H58N8O10S/c1-17(2)25-33(49)51-13-21(35-7)27(43)37-20(6)30(46)40(10)24-16-53-15-23(31(47)41(25)11)39(9)29(45)19(5)38-28(44)22(36-8)14-52-34(50)26(18(3)4)42(12)32(24)48/h17-26,35-36H,13-16H2,1-12H3,(H,37,43)(H,38,44)/t19-,20-,21+,22+,23-,24-,25-,26-/m0/s1. The zero-order chi connectivity index (χ0) is 40.5. The van der Waals surface area contributed by atoms with Gasteiger partial charge >= 0.3 is 11.9 Å². The number of nitrogens with one attached hydrogen (secondary N) is 4. The first-order chi connectivity index (χ1) is 24.7. The summed E-state index contributed by atoms with van der Waals surface area (Å²) in [7, 11) is 8.58. The van der Waals surface area contributed by atoms with Gasteiger partial charge in [0.25, 0.3) is 0 Å². The number of cyclic esters (lactones) is 2. The van der Waals surface area contributed by atoms with Crippen LogP contribution in [0.25, 0.3) is 0 Å². The number of thioether (sulfide) groups is 1. The van der Waals surface area contributed by atoms with Crippen molar-refractivity contribution in [2.75, 3.05) is 67.0 Å². The molecule has 0 radical (unpaired) electrons. The molecule has 0 aromatic carbocycles. The van der Waals surface area contributed by atoms with Crippen molar-refractivity contribution in [3.8, 4) is 0 Å². The number of hydrogen-bond donors (Lipinski definition) is 4. The Labute approximate surface area is 316 Å². The van der Waals surface area contributed by atoms with E-state index in [1.807, 2.05) is 0 Å². The van der Waals surface area contributed by atoms with Gasteiger partial charge in [-0.2, -0.15) is 11.8 Å². The average molecular weight is 771 g/mol. The van der Waals surface area contributed by atoms with Gasteiger partial charge in [0.2, 0.25) is 35.4 Å². The zero-order valence-electron chi connectivity index (χ0n) is 32.9. The van der Waals surface area contributed by atoms with E-state index in [9.17, 15) is 38.4 Å². The number of amides is 6. The van der Waals surface area contributed by atoms with Crippen molar-refractivity contribution in [1.29, 1.82) is 0 Å². The Kier molecular flexibility index (Phi) is 17.0. The predicted molar refractivity (Wildman–Crippen MR) is 196 cm³/mol. The molecule has 6 amide bonds. The Balaban J connectivity index is 2.82. The van der Waals surface area contributed by atoms with Crippen LogP contribution in [0.4, 0.5) is 0 Å². The SMILES string of the molecule is CN[C@@H]1COC(=O)[C@H](C(C)C)N(C)C(=O)[C@@H]2CSC[C@@H](C(=O)N(C)[C@@H](C(C)C)C(=O)OC[C@@H](NC)C(=O)N[C@@H](C)C(=O)N2C)N(C)C(=O)[C@H](C)NC1=O. The monoisotopic (exact) mass is 770 g/mol. The predicted octanol–water partition coefficient (Wildman–Crippen LogP) is -2.36. The maximum Gasteiger partial charge on any atom is 0.329 e. The number of ether oxygens (including phenoxy) is 2. The molecule has 0 aromatic rings. The van der Waals surface area contributed by atoms with Crippen molar-refractivity contribution in [3.05, 3.63) is 0 Å². The highest BCUT2D eigenvalue weighted by atomic mass is 32.2. The van der Waals surface area contributed by atoms with Crippen molar-refractivity contribution in [2.45, 2.75) is 89.9 Å². The summed E-state index contributed by atoms with van der Waals surface area (Å²) in [6.07, 6.45) is 0. The minimum absolute atomic E-state index is 0.0929. The van der Waals surface area contributed by atoms with Crippen LogP contribution in [-0.4, -0.2) is 182 Å². The van der Waals surface area contributed by atoms with Crippen LogP contribution in [0.5, 0.6) is 0 Å². The first-order valence-electron chi connectivity index (χ1n) is 17.6. The molecule has 8 atom stereocenters. The molecule has 4 N–H and O–H groups in total. The Morgan fingerprint density at radius 2 is 0.906 bits per heavy atom. The van der Waals surface area contributed by atoms with E-state index in [0.717, 1.165) is 11.8 Å². The third kappa shape index (κ3) is 11.0. The molecule has 0 saturated carbocycles. The minimum atomic E-state index is -1.22. The zero-order valence-corrected chi connectivity index (χ0v) is 33.7. The fourth-order valence-corrected chi connectivity index (χ4v) is 7.55. The fourth-order valence-electron chi connectivity index (χ4n) is 6.24. The average Bonchev–Trinajstić information content (AvgIpc) is 3.09. The first kappa shape index (κ1) is 45.2. The second kappa shape index (κ2) is 19.9. The van der Waals surface area contributed by atoms with E-state index in [1.165, 1.54) is 75.7 Å². The van der Waals surface area contributed by atoms with Gasteiger partial charge in [0.05, 0.1) is 0 Å². The molecule has 300 valence electrons. The summed E-state index contributed by atoms with van der Waals surface area (Å²) in [6.45, 7) is 8.92. The van der Waals surface area contributed by atoms with Crippen LogP contribution in [0.3, 0.4) is 0 Å².